The van der Waals surface area contributed by atoms with E-state index in [0.717, 1.165) is 13.2 Å². The average Bonchev–Trinajstić information content (AvgIpc) is 2.75. The third-order valence-corrected chi connectivity index (χ3v) is 6.77. The van der Waals surface area contributed by atoms with Crippen molar-refractivity contribution in [2.24, 2.45) is 0 Å². The quantitative estimate of drug-likeness (QED) is 0.257. The Balaban J connectivity index is 0.00000450. The molecular formula is C27H48ClNO. The molecule has 0 bridgehead atoms. The summed E-state index contributed by atoms with van der Waals surface area (Å²) < 4.78 is 6.91. The van der Waals surface area contributed by atoms with E-state index in [1.165, 1.54) is 126 Å². The molecular weight excluding hydrogens is 390 g/mol. The van der Waals surface area contributed by atoms with Crippen molar-refractivity contribution in [1.29, 1.82) is 0 Å². The van der Waals surface area contributed by atoms with Crippen molar-refractivity contribution in [3.05, 3.63) is 35.9 Å². The molecule has 0 unspecified atom stereocenters. The van der Waals surface area contributed by atoms with Crippen LogP contribution in [0.3, 0.4) is 0 Å². The zero-order valence-corrected chi connectivity index (χ0v) is 20.5. The number of morpholine rings is 1. The number of hydrogen-bond donors (Lipinski definition) is 0. The number of unbranched alkanes of at least 4 members (excludes halogenated alkanes) is 13. The highest BCUT2D eigenvalue weighted by atomic mass is 35.5. The Morgan fingerprint density at radius 1 is 0.667 bits per heavy atom. The maximum atomic E-state index is 5.67. The zero-order valence-electron chi connectivity index (χ0n) is 19.8. The summed E-state index contributed by atoms with van der Waals surface area (Å²) in [6, 6.07) is 11.1. The van der Waals surface area contributed by atoms with Crippen LogP contribution in [0.25, 0.3) is 0 Å². The SMILES string of the molecule is CCCCCCCCCCCCCCCC[N+]1(Cc2ccccc2)CCOCC1.[Cl-]. The van der Waals surface area contributed by atoms with Gasteiger partial charge in [-0.3, -0.25) is 0 Å². The maximum absolute atomic E-state index is 5.67. The van der Waals surface area contributed by atoms with Gasteiger partial charge < -0.3 is 21.6 Å². The van der Waals surface area contributed by atoms with Gasteiger partial charge in [0, 0.05) is 5.56 Å². The van der Waals surface area contributed by atoms with Crippen LogP contribution in [0.2, 0.25) is 0 Å². The molecule has 1 aliphatic heterocycles. The standard InChI is InChI=1S/C27H48NO.ClH/c1-2-3-4-5-6-7-8-9-10-11-12-13-14-18-21-28(22-24-29-25-23-28)26-27-19-16-15-17-20-27;/h15-17,19-20H,2-14,18,21-26H2,1H3;1H/q+1;/p-1. The summed E-state index contributed by atoms with van der Waals surface area (Å²) in [6.07, 6.45) is 20.1. The topological polar surface area (TPSA) is 9.23 Å². The third kappa shape index (κ3) is 12.3. The first-order chi connectivity index (χ1) is 14.3. The van der Waals surface area contributed by atoms with Crippen LogP contribution < -0.4 is 12.4 Å². The van der Waals surface area contributed by atoms with E-state index in [-0.39, 0.29) is 12.4 Å². The van der Waals surface area contributed by atoms with E-state index in [0.29, 0.717) is 0 Å². The molecule has 0 aliphatic carbocycles. The fourth-order valence-electron chi connectivity index (χ4n) is 4.80. The van der Waals surface area contributed by atoms with Gasteiger partial charge in [-0.2, -0.15) is 0 Å². The fourth-order valence-corrected chi connectivity index (χ4v) is 4.80. The minimum absolute atomic E-state index is 0. The molecule has 2 nitrogen and oxygen atoms in total. The third-order valence-electron chi connectivity index (χ3n) is 6.77. The number of ether oxygens (including phenoxy) is 1. The summed E-state index contributed by atoms with van der Waals surface area (Å²) in [5.41, 5.74) is 1.49. The number of rotatable bonds is 17. The van der Waals surface area contributed by atoms with Crippen molar-refractivity contribution in [1.82, 2.24) is 0 Å². The molecule has 1 saturated heterocycles. The molecule has 0 N–H and O–H groups in total. The molecule has 0 amide bonds. The van der Waals surface area contributed by atoms with Crippen LogP contribution in [0.4, 0.5) is 0 Å². The van der Waals surface area contributed by atoms with Gasteiger partial charge in [0.2, 0.25) is 0 Å². The Bertz CT molecular complexity index is 487. The lowest BCUT2D eigenvalue weighted by Gasteiger charge is -2.41. The highest BCUT2D eigenvalue weighted by molar-refractivity contribution is 5.13. The molecule has 0 atom stereocenters. The Morgan fingerprint density at radius 3 is 1.63 bits per heavy atom. The van der Waals surface area contributed by atoms with Crippen LogP contribution in [0.15, 0.2) is 30.3 Å². The Morgan fingerprint density at radius 2 is 1.13 bits per heavy atom. The summed E-state index contributed by atoms with van der Waals surface area (Å²) in [7, 11) is 0. The molecule has 1 aromatic carbocycles. The molecule has 1 fully saturated rings. The molecule has 0 aromatic heterocycles. The fraction of sp³-hybridized carbons (Fsp3) is 0.778. The molecule has 3 heteroatoms. The van der Waals surface area contributed by atoms with Crippen LogP contribution in [0.5, 0.6) is 0 Å². The number of halogens is 1. The van der Waals surface area contributed by atoms with Crippen LogP contribution in [0, 0.1) is 0 Å². The van der Waals surface area contributed by atoms with E-state index >= 15 is 0 Å². The van der Waals surface area contributed by atoms with Gasteiger partial charge in [0.25, 0.3) is 0 Å². The van der Waals surface area contributed by atoms with E-state index in [9.17, 15) is 0 Å². The van der Waals surface area contributed by atoms with Gasteiger partial charge in [-0.25, -0.2) is 0 Å². The van der Waals surface area contributed by atoms with E-state index in [1.54, 1.807) is 0 Å². The first-order valence-corrected chi connectivity index (χ1v) is 12.8. The monoisotopic (exact) mass is 437 g/mol. The predicted molar refractivity (Wildman–Crippen MR) is 126 cm³/mol. The number of benzene rings is 1. The number of quaternary nitrogens is 1. The van der Waals surface area contributed by atoms with E-state index in [2.05, 4.69) is 37.3 Å². The molecule has 2 rings (SSSR count). The normalized spacial score (nSPS) is 15.6. The maximum Gasteiger partial charge on any atom is 0.104 e. The summed E-state index contributed by atoms with van der Waals surface area (Å²) in [5, 5.41) is 0. The van der Waals surface area contributed by atoms with Gasteiger partial charge in [-0.15, -0.1) is 0 Å². The second-order valence-electron chi connectivity index (χ2n) is 9.36. The Hall–Kier alpha value is -0.570. The van der Waals surface area contributed by atoms with Crippen LogP contribution in [-0.2, 0) is 11.3 Å². The number of hydrogen-bond acceptors (Lipinski definition) is 1. The van der Waals surface area contributed by atoms with Gasteiger partial charge in [0.15, 0.2) is 0 Å². The minimum Gasteiger partial charge on any atom is -1.00 e. The van der Waals surface area contributed by atoms with E-state index in [1.807, 2.05) is 0 Å². The lowest BCUT2D eigenvalue weighted by molar-refractivity contribution is -0.947. The second-order valence-corrected chi connectivity index (χ2v) is 9.36. The summed E-state index contributed by atoms with van der Waals surface area (Å²) in [4.78, 5) is 0. The van der Waals surface area contributed by atoms with Crippen LogP contribution >= 0.6 is 0 Å². The molecule has 1 heterocycles. The highest BCUT2D eigenvalue weighted by Gasteiger charge is 2.29. The molecule has 1 aliphatic rings. The molecule has 0 saturated carbocycles. The zero-order chi connectivity index (χ0) is 20.5. The second kappa shape index (κ2) is 18.0. The van der Waals surface area contributed by atoms with E-state index < -0.39 is 0 Å². The lowest BCUT2D eigenvalue weighted by atomic mass is 10.0. The van der Waals surface area contributed by atoms with Crippen LogP contribution in [0.1, 0.15) is 102 Å². The van der Waals surface area contributed by atoms with Gasteiger partial charge >= 0.3 is 0 Å². The first kappa shape index (κ1) is 27.5. The molecule has 0 spiro atoms. The minimum atomic E-state index is 0. The van der Waals surface area contributed by atoms with Crippen molar-refractivity contribution in [2.45, 2.75) is 103 Å². The first-order valence-electron chi connectivity index (χ1n) is 12.8. The Kier molecular flexibility index (Phi) is 16.5. The highest BCUT2D eigenvalue weighted by Crippen LogP contribution is 2.20. The summed E-state index contributed by atoms with van der Waals surface area (Å²) in [5.74, 6) is 0. The smallest absolute Gasteiger partial charge is 0.104 e. The van der Waals surface area contributed by atoms with E-state index in [4.69, 9.17) is 4.74 Å². The van der Waals surface area contributed by atoms with Gasteiger partial charge in [0.1, 0.15) is 19.6 Å². The average molecular weight is 438 g/mol. The van der Waals surface area contributed by atoms with Crippen LogP contribution in [-0.4, -0.2) is 37.3 Å². The van der Waals surface area contributed by atoms with Crippen molar-refractivity contribution in [2.75, 3.05) is 32.8 Å². The van der Waals surface area contributed by atoms with Gasteiger partial charge in [0.05, 0.1) is 19.8 Å². The molecule has 1 aromatic rings. The molecule has 0 radical (unpaired) electrons. The van der Waals surface area contributed by atoms with Crippen molar-refractivity contribution >= 4 is 0 Å². The summed E-state index contributed by atoms with van der Waals surface area (Å²) in [6.45, 7) is 9.06. The van der Waals surface area contributed by atoms with Crippen molar-refractivity contribution in [3.63, 3.8) is 0 Å². The lowest BCUT2D eigenvalue weighted by Crippen LogP contribution is -3.00. The molecule has 174 valence electrons. The van der Waals surface area contributed by atoms with Crippen molar-refractivity contribution in [3.8, 4) is 0 Å². The number of nitrogens with zero attached hydrogens (tertiary/aromatic N) is 1. The summed E-state index contributed by atoms with van der Waals surface area (Å²) >= 11 is 0. The van der Waals surface area contributed by atoms with Crippen molar-refractivity contribution < 1.29 is 21.6 Å². The predicted octanol–water partition coefficient (Wildman–Crippen LogP) is 4.52. The largest absolute Gasteiger partial charge is 1.00 e. The molecule has 30 heavy (non-hydrogen) atoms. The van der Waals surface area contributed by atoms with Gasteiger partial charge in [-0.1, -0.05) is 114 Å². The van der Waals surface area contributed by atoms with Gasteiger partial charge in [-0.05, 0) is 12.8 Å². The Labute approximate surface area is 193 Å².